The van der Waals surface area contributed by atoms with Gasteiger partial charge in [0.1, 0.15) is 17.3 Å². The predicted molar refractivity (Wildman–Crippen MR) is 159 cm³/mol. The first-order valence-corrected chi connectivity index (χ1v) is 13.2. The molecule has 1 atom stereocenters. The largest absolute Gasteiger partial charge is 0.457 e. The number of alkyl halides is 3. The molecule has 0 saturated carbocycles. The summed E-state index contributed by atoms with van der Waals surface area (Å²) in [6.45, 7) is 0. The maximum Gasteiger partial charge on any atom is 0.416 e. The summed E-state index contributed by atoms with van der Waals surface area (Å²) in [6, 6.07) is 10.6. The van der Waals surface area contributed by atoms with Crippen LogP contribution in [0.2, 0.25) is 0 Å². The van der Waals surface area contributed by atoms with Gasteiger partial charge in [0, 0.05) is 48.6 Å². The normalized spacial score (nSPS) is 15.6. The lowest BCUT2D eigenvalue weighted by Gasteiger charge is -2.26. The predicted octanol–water partition coefficient (Wildman–Crippen LogP) is 6.31. The molecule has 3 heterocycles. The third-order valence-corrected chi connectivity index (χ3v) is 7.37. The van der Waals surface area contributed by atoms with Gasteiger partial charge in [-0.25, -0.2) is 9.97 Å². The van der Waals surface area contributed by atoms with Gasteiger partial charge in [0.2, 0.25) is 5.91 Å². The van der Waals surface area contributed by atoms with Crippen molar-refractivity contribution in [2.75, 3.05) is 5.32 Å². The second-order valence-corrected chi connectivity index (χ2v) is 10.4. The second kappa shape index (κ2) is 12.6. The summed E-state index contributed by atoms with van der Waals surface area (Å²) in [5.41, 5.74) is 2.55. The fraction of sp³-hybridized carbons (Fsp3) is 0.267. The zero-order chi connectivity index (χ0) is 28.7. The highest BCUT2D eigenvalue weighted by molar-refractivity contribution is 5.96. The number of fused-ring (bicyclic) bond motifs is 2. The highest BCUT2D eigenvalue weighted by Crippen LogP contribution is 2.35. The SMILES string of the molecule is Cl.Cl.Cn1cnc(-c2cc(C(=O)N[C@@H]3CCc4ccc(Oc5ccnc6c5CCC(=O)N6)cc4C3)cc(C(F)(F)F)c2)c1. The van der Waals surface area contributed by atoms with Crippen molar-refractivity contribution < 1.29 is 27.5 Å². The van der Waals surface area contributed by atoms with Crippen LogP contribution in [0.5, 0.6) is 11.5 Å². The van der Waals surface area contributed by atoms with Crippen molar-refractivity contribution in [3.63, 3.8) is 0 Å². The van der Waals surface area contributed by atoms with E-state index in [4.69, 9.17) is 4.74 Å². The summed E-state index contributed by atoms with van der Waals surface area (Å²) >= 11 is 0. The summed E-state index contributed by atoms with van der Waals surface area (Å²) in [6.07, 6.45) is 2.82. The highest BCUT2D eigenvalue weighted by Gasteiger charge is 2.32. The fourth-order valence-corrected chi connectivity index (χ4v) is 5.30. The van der Waals surface area contributed by atoms with Crippen molar-refractivity contribution in [1.82, 2.24) is 19.9 Å². The van der Waals surface area contributed by atoms with Gasteiger partial charge in [-0.1, -0.05) is 6.07 Å². The average Bonchev–Trinajstić information content (AvgIpc) is 3.38. The van der Waals surface area contributed by atoms with Gasteiger partial charge < -0.3 is 19.9 Å². The molecule has 0 bridgehead atoms. The number of ether oxygens (including phenoxy) is 1. The van der Waals surface area contributed by atoms with Gasteiger partial charge in [-0.05, 0) is 73.2 Å². The van der Waals surface area contributed by atoms with E-state index >= 15 is 0 Å². The number of nitrogens with one attached hydrogen (secondary N) is 2. The maximum absolute atomic E-state index is 13.7. The summed E-state index contributed by atoms with van der Waals surface area (Å²) in [4.78, 5) is 33.3. The number of halogens is 5. The number of aromatic nitrogens is 3. The van der Waals surface area contributed by atoms with Crippen LogP contribution < -0.4 is 15.4 Å². The van der Waals surface area contributed by atoms with Crippen molar-refractivity contribution in [3.05, 3.63) is 89.0 Å². The van der Waals surface area contributed by atoms with Crippen molar-refractivity contribution >= 4 is 42.4 Å². The monoisotopic (exact) mass is 633 g/mol. The number of aryl methyl sites for hydroxylation is 2. The Kier molecular flexibility index (Phi) is 9.36. The minimum atomic E-state index is -4.61. The maximum atomic E-state index is 13.7. The zero-order valence-electron chi connectivity index (χ0n) is 22.9. The molecule has 0 spiro atoms. The molecular formula is C30H28Cl2F3N5O3. The molecule has 226 valence electrons. The molecule has 2 amide bonds. The molecule has 8 nitrogen and oxygen atoms in total. The molecule has 1 aliphatic heterocycles. The van der Waals surface area contributed by atoms with Crippen molar-refractivity contribution in [2.45, 2.75) is 44.3 Å². The van der Waals surface area contributed by atoms with Gasteiger partial charge in [0.05, 0.1) is 17.6 Å². The minimum absolute atomic E-state index is 0. The molecule has 4 aromatic rings. The molecule has 0 fully saturated rings. The number of amides is 2. The summed E-state index contributed by atoms with van der Waals surface area (Å²) < 4.78 is 48.8. The summed E-state index contributed by atoms with van der Waals surface area (Å²) in [5.74, 6) is 1.07. The molecule has 2 aliphatic rings. The molecule has 1 aliphatic carbocycles. The van der Waals surface area contributed by atoms with E-state index in [-0.39, 0.29) is 47.9 Å². The van der Waals surface area contributed by atoms with Crippen LogP contribution in [-0.4, -0.2) is 32.4 Å². The Morgan fingerprint density at radius 1 is 1.05 bits per heavy atom. The minimum Gasteiger partial charge on any atom is -0.457 e. The third kappa shape index (κ3) is 6.94. The smallest absolute Gasteiger partial charge is 0.416 e. The van der Waals surface area contributed by atoms with Crippen molar-refractivity contribution in [2.24, 2.45) is 7.05 Å². The Morgan fingerprint density at radius 3 is 2.60 bits per heavy atom. The van der Waals surface area contributed by atoms with Crippen molar-refractivity contribution in [1.29, 1.82) is 0 Å². The Bertz CT molecular complexity index is 1680. The molecular weight excluding hydrogens is 606 g/mol. The lowest BCUT2D eigenvalue weighted by atomic mass is 9.88. The van der Waals surface area contributed by atoms with Gasteiger partial charge in [-0.2, -0.15) is 13.2 Å². The van der Waals surface area contributed by atoms with Gasteiger partial charge >= 0.3 is 6.18 Å². The summed E-state index contributed by atoms with van der Waals surface area (Å²) in [5, 5.41) is 5.69. The average molecular weight is 634 g/mol. The van der Waals surface area contributed by atoms with Crippen LogP contribution >= 0.6 is 24.8 Å². The molecule has 6 rings (SSSR count). The van der Waals surface area contributed by atoms with Gasteiger partial charge in [-0.3, -0.25) is 9.59 Å². The van der Waals surface area contributed by atoms with E-state index in [0.29, 0.717) is 55.1 Å². The number of anilines is 1. The molecule has 0 saturated heterocycles. The number of carbonyl (C=O) groups excluding carboxylic acids is 2. The molecule has 2 aromatic carbocycles. The lowest BCUT2D eigenvalue weighted by molar-refractivity contribution is -0.137. The fourth-order valence-electron chi connectivity index (χ4n) is 5.30. The molecule has 2 N–H and O–H groups in total. The lowest BCUT2D eigenvalue weighted by Crippen LogP contribution is -2.39. The molecule has 2 aromatic heterocycles. The molecule has 0 radical (unpaired) electrons. The van der Waals surface area contributed by atoms with Crippen LogP contribution in [0.3, 0.4) is 0 Å². The molecule has 43 heavy (non-hydrogen) atoms. The number of benzene rings is 2. The van der Waals surface area contributed by atoms with E-state index in [2.05, 4.69) is 20.6 Å². The van der Waals surface area contributed by atoms with E-state index < -0.39 is 17.6 Å². The van der Waals surface area contributed by atoms with E-state index in [0.717, 1.165) is 28.8 Å². The number of pyridine rings is 1. The van der Waals surface area contributed by atoms with Crippen LogP contribution in [0, 0.1) is 0 Å². The van der Waals surface area contributed by atoms with E-state index in [1.165, 1.54) is 12.4 Å². The number of hydrogen-bond donors (Lipinski definition) is 2. The summed E-state index contributed by atoms with van der Waals surface area (Å²) in [7, 11) is 1.72. The number of nitrogens with zero attached hydrogens (tertiary/aromatic N) is 3. The first kappa shape index (κ1) is 31.8. The topological polar surface area (TPSA) is 98.1 Å². The highest BCUT2D eigenvalue weighted by atomic mass is 35.5. The number of rotatable bonds is 5. The number of carbonyl (C=O) groups is 2. The zero-order valence-corrected chi connectivity index (χ0v) is 24.5. The standard InChI is InChI=1S/C30H26F3N5O3.2ClH/c1-38-15-25(35-16-38)19-10-20(12-21(11-19)30(31,32)33)29(40)36-22-4-2-17-3-5-23(14-18(17)13-22)41-26-8-9-34-28-24(26)6-7-27(39)37-28;;/h3,5,8-12,14-16,22H,2,4,6-7,13H2,1H3,(H,36,40)(H,34,37,39);2*1H/t22-;;/m1../s1. The van der Waals surface area contributed by atoms with Gasteiger partial charge in [-0.15, -0.1) is 24.8 Å². The van der Waals surface area contributed by atoms with Crippen LogP contribution in [0.4, 0.5) is 19.0 Å². The first-order valence-electron chi connectivity index (χ1n) is 13.2. The van der Waals surface area contributed by atoms with Crippen LogP contribution in [0.1, 0.15) is 45.5 Å². The molecule has 0 unspecified atom stereocenters. The Hall–Kier alpha value is -4.09. The quantitative estimate of drug-likeness (QED) is 0.268. The van der Waals surface area contributed by atoms with E-state index in [9.17, 15) is 22.8 Å². The Morgan fingerprint density at radius 2 is 1.86 bits per heavy atom. The molecule has 13 heteroatoms. The van der Waals surface area contributed by atoms with Crippen molar-refractivity contribution in [3.8, 4) is 22.8 Å². The van der Waals surface area contributed by atoms with Crippen LogP contribution in [0.25, 0.3) is 11.3 Å². The first-order chi connectivity index (χ1) is 19.6. The number of imidazole rings is 1. The Balaban J connectivity index is 0.00000212. The second-order valence-electron chi connectivity index (χ2n) is 10.4. The third-order valence-electron chi connectivity index (χ3n) is 7.37. The van der Waals surface area contributed by atoms with E-state index in [1.807, 2.05) is 18.2 Å². The van der Waals surface area contributed by atoms with E-state index in [1.54, 1.807) is 30.1 Å². The van der Waals surface area contributed by atoms with Gasteiger partial charge in [0.25, 0.3) is 5.91 Å². The van der Waals surface area contributed by atoms with Gasteiger partial charge in [0.15, 0.2) is 0 Å². The van der Waals surface area contributed by atoms with Crippen LogP contribution in [-0.2, 0) is 37.3 Å². The van der Waals surface area contributed by atoms with Crippen LogP contribution in [0.15, 0.2) is 61.2 Å². The number of hydrogen-bond acceptors (Lipinski definition) is 5. The Labute approximate surface area is 257 Å².